The molecule has 1 rings (SSSR count). The number of aliphatic hydroxyl groups excluding tert-OH is 1. The fourth-order valence-corrected chi connectivity index (χ4v) is 0.627. The van der Waals surface area contributed by atoms with E-state index in [9.17, 15) is 4.79 Å². The highest BCUT2D eigenvalue weighted by Gasteiger charge is 2.17. The van der Waals surface area contributed by atoms with E-state index in [-0.39, 0.29) is 12.6 Å². The predicted octanol–water partition coefficient (Wildman–Crippen LogP) is -1.67. The van der Waals surface area contributed by atoms with Crippen LogP contribution in [0.4, 0.5) is 0 Å². The highest BCUT2D eigenvalue weighted by atomic mass is 16.3. The first-order valence-electron chi connectivity index (χ1n) is 2.44. The summed E-state index contributed by atoms with van der Waals surface area (Å²) in [5.74, 6) is -0.0347. The van der Waals surface area contributed by atoms with Gasteiger partial charge in [-0.2, -0.15) is 0 Å². The molecule has 1 amide bonds. The van der Waals surface area contributed by atoms with Crippen LogP contribution in [0, 0.1) is 0 Å². The second-order valence-electron chi connectivity index (χ2n) is 1.66. The molecule has 1 heterocycles. The summed E-state index contributed by atoms with van der Waals surface area (Å²) in [6.07, 6.45) is 0. The topological polar surface area (TPSA) is 52.6 Å². The van der Waals surface area contributed by atoms with Crippen LogP contribution in [0.5, 0.6) is 0 Å². The Bertz CT molecular complexity index is 104. The van der Waals surface area contributed by atoms with Crippen molar-refractivity contribution in [3.63, 3.8) is 0 Å². The van der Waals surface area contributed by atoms with Gasteiger partial charge < -0.3 is 10.0 Å². The fraction of sp³-hybridized carbons (Fsp3) is 0.750. The molecule has 0 aromatic rings. The van der Waals surface area contributed by atoms with E-state index in [1.54, 1.807) is 0 Å². The molecule has 0 atom stereocenters. The number of carbonyl (C=O) groups excluding carboxylic acids is 1. The van der Waals surface area contributed by atoms with Crippen LogP contribution in [0.15, 0.2) is 0 Å². The van der Waals surface area contributed by atoms with Crippen LogP contribution < -0.4 is 5.32 Å². The smallest absolute Gasteiger partial charge is 0.239 e. The van der Waals surface area contributed by atoms with Crippen molar-refractivity contribution in [1.29, 1.82) is 0 Å². The standard InChI is InChI=1S/C4H8N2O2/c7-3-6-2-5-1-4(6)8/h5,7H,1-3H2. The minimum atomic E-state index is -0.175. The zero-order valence-corrected chi connectivity index (χ0v) is 4.42. The van der Waals surface area contributed by atoms with E-state index in [1.807, 2.05) is 0 Å². The molecule has 0 aliphatic carbocycles. The second kappa shape index (κ2) is 2.11. The molecule has 1 aliphatic heterocycles. The molecule has 0 spiro atoms. The van der Waals surface area contributed by atoms with Crippen molar-refractivity contribution in [2.75, 3.05) is 19.9 Å². The molecule has 4 heteroatoms. The molecule has 0 aromatic carbocycles. The third-order valence-electron chi connectivity index (χ3n) is 1.10. The number of carbonyl (C=O) groups is 1. The van der Waals surface area contributed by atoms with Crippen LogP contribution in [0.2, 0.25) is 0 Å². The van der Waals surface area contributed by atoms with Crippen LogP contribution in [0.3, 0.4) is 0 Å². The average molecular weight is 116 g/mol. The highest BCUT2D eigenvalue weighted by Crippen LogP contribution is 1.90. The summed E-state index contributed by atoms with van der Waals surface area (Å²) >= 11 is 0. The Morgan fingerprint density at radius 3 is 2.88 bits per heavy atom. The van der Waals surface area contributed by atoms with Gasteiger partial charge in [0.2, 0.25) is 5.91 Å². The number of nitrogens with one attached hydrogen (secondary N) is 1. The molecule has 1 fully saturated rings. The maximum atomic E-state index is 10.5. The normalized spacial score (nSPS) is 20.1. The number of rotatable bonds is 1. The van der Waals surface area contributed by atoms with Crippen LogP contribution in [-0.2, 0) is 4.79 Å². The van der Waals surface area contributed by atoms with E-state index in [0.29, 0.717) is 13.2 Å². The second-order valence-corrected chi connectivity index (χ2v) is 1.66. The Morgan fingerprint density at radius 2 is 2.62 bits per heavy atom. The molecular weight excluding hydrogens is 108 g/mol. The van der Waals surface area contributed by atoms with Gasteiger partial charge in [0.1, 0.15) is 6.73 Å². The van der Waals surface area contributed by atoms with Gasteiger partial charge in [-0.05, 0) is 0 Å². The van der Waals surface area contributed by atoms with Gasteiger partial charge in [-0.1, -0.05) is 0 Å². The van der Waals surface area contributed by atoms with Gasteiger partial charge in [-0.15, -0.1) is 0 Å². The van der Waals surface area contributed by atoms with Gasteiger partial charge in [0.25, 0.3) is 0 Å². The summed E-state index contributed by atoms with van der Waals surface area (Å²) < 4.78 is 0. The minimum Gasteiger partial charge on any atom is -0.376 e. The largest absolute Gasteiger partial charge is 0.376 e. The molecule has 8 heavy (non-hydrogen) atoms. The van der Waals surface area contributed by atoms with Gasteiger partial charge in [-0.25, -0.2) is 0 Å². The van der Waals surface area contributed by atoms with Crippen molar-refractivity contribution < 1.29 is 9.90 Å². The summed E-state index contributed by atoms with van der Waals surface area (Å²) in [5, 5.41) is 11.2. The summed E-state index contributed by atoms with van der Waals surface area (Å²) in [4.78, 5) is 11.8. The Hall–Kier alpha value is -0.610. The number of nitrogens with zero attached hydrogens (tertiary/aromatic N) is 1. The molecular formula is C4H8N2O2. The number of aliphatic hydroxyl groups is 1. The molecule has 46 valence electrons. The zero-order valence-electron chi connectivity index (χ0n) is 4.42. The van der Waals surface area contributed by atoms with Gasteiger partial charge in [0, 0.05) is 0 Å². The van der Waals surface area contributed by atoms with E-state index in [0.717, 1.165) is 0 Å². The minimum absolute atomic E-state index is 0.0347. The molecule has 1 saturated heterocycles. The molecule has 2 N–H and O–H groups in total. The van der Waals surface area contributed by atoms with Gasteiger partial charge >= 0.3 is 0 Å². The lowest BCUT2D eigenvalue weighted by Gasteiger charge is -2.07. The first-order chi connectivity index (χ1) is 3.84. The predicted molar refractivity (Wildman–Crippen MR) is 26.8 cm³/mol. The summed E-state index contributed by atoms with van der Waals surface area (Å²) in [5.41, 5.74) is 0. The molecule has 4 nitrogen and oxygen atoms in total. The monoisotopic (exact) mass is 116 g/mol. The van der Waals surface area contributed by atoms with Crippen LogP contribution in [0.25, 0.3) is 0 Å². The van der Waals surface area contributed by atoms with E-state index in [4.69, 9.17) is 5.11 Å². The highest BCUT2D eigenvalue weighted by molar-refractivity contribution is 5.79. The van der Waals surface area contributed by atoms with Crippen molar-refractivity contribution in [2.45, 2.75) is 0 Å². The first kappa shape index (κ1) is 5.53. The van der Waals surface area contributed by atoms with E-state index in [1.165, 1.54) is 4.90 Å². The number of amides is 1. The molecule has 0 saturated carbocycles. The van der Waals surface area contributed by atoms with Gasteiger partial charge in [0.15, 0.2) is 0 Å². The average Bonchev–Trinajstić information content (AvgIpc) is 2.14. The van der Waals surface area contributed by atoms with E-state index >= 15 is 0 Å². The maximum absolute atomic E-state index is 10.5. The van der Waals surface area contributed by atoms with Crippen LogP contribution >= 0.6 is 0 Å². The third kappa shape index (κ3) is 0.801. The van der Waals surface area contributed by atoms with Crippen molar-refractivity contribution in [3.05, 3.63) is 0 Å². The van der Waals surface area contributed by atoms with Crippen LogP contribution in [-0.4, -0.2) is 35.9 Å². The SMILES string of the molecule is O=C1CNCN1CO. The van der Waals surface area contributed by atoms with Gasteiger partial charge in [-0.3, -0.25) is 10.1 Å². The van der Waals surface area contributed by atoms with Crippen molar-refractivity contribution in [1.82, 2.24) is 10.2 Å². The van der Waals surface area contributed by atoms with Gasteiger partial charge in [0.05, 0.1) is 13.2 Å². The van der Waals surface area contributed by atoms with Crippen molar-refractivity contribution in [2.24, 2.45) is 0 Å². The quantitative estimate of drug-likeness (QED) is 0.430. The lowest BCUT2D eigenvalue weighted by molar-refractivity contribution is -0.129. The lowest BCUT2D eigenvalue weighted by atomic mass is 10.6. The zero-order chi connectivity index (χ0) is 5.98. The Labute approximate surface area is 47.1 Å². The van der Waals surface area contributed by atoms with Crippen molar-refractivity contribution in [3.8, 4) is 0 Å². The van der Waals surface area contributed by atoms with E-state index in [2.05, 4.69) is 5.32 Å². The summed E-state index contributed by atoms with van der Waals surface area (Å²) in [6, 6.07) is 0. The molecule has 0 bridgehead atoms. The third-order valence-corrected chi connectivity index (χ3v) is 1.10. The fourth-order valence-electron chi connectivity index (χ4n) is 0.627. The molecule has 0 unspecified atom stereocenters. The summed E-state index contributed by atoms with van der Waals surface area (Å²) in [7, 11) is 0. The molecule has 0 aromatic heterocycles. The lowest BCUT2D eigenvalue weighted by Crippen LogP contribution is -2.26. The summed E-state index contributed by atoms with van der Waals surface area (Å²) in [6.45, 7) is 0.668. The number of hydrogen-bond acceptors (Lipinski definition) is 3. The maximum Gasteiger partial charge on any atom is 0.239 e. The van der Waals surface area contributed by atoms with Crippen molar-refractivity contribution >= 4 is 5.91 Å². The van der Waals surface area contributed by atoms with E-state index < -0.39 is 0 Å². The van der Waals surface area contributed by atoms with Crippen LogP contribution in [0.1, 0.15) is 0 Å². The first-order valence-corrected chi connectivity index (χ1v) is 2.44. The Morgan fingerprint density at radius 1 is 1.88 bits per heavy atom. The molecule has 0 radical (unpaired) electrons. The molecule has 1 aliphatic rings. The Balaban J connectivity index is 2.42. The Kier molecular flexibility index (Phi) is 1.45. The number of hydrogen-bond donors (Lipinski definition) is 2.